The number of hydrogen-bond acceptors (Lipinski definition) is 3. The van der Waals surface area contributed by atoms with Crippen molar-refractivity contribution in [2.45, 2.75) is 19.4 Å². The molecule has 1 rings (SSSR count). The number of carbonyl (C=O) groups is 1. The van der Waals surface area contributed by atoms with Gasteiger partial charge in [-0.1, -0.05) is 6.08 Å². The molecule has 1 aliphatic heterocycles. The Balaban J connectivity index is 2.57. The summed E-state index contributed by atoms with van der Waals surface area (Å²) in [4.78, 5) is 12.9. The molecule has 1 saturated heterocycles. The molecular weight excluding hydrogens is 180 g/mol. The normalized spacial score (nSPS) is 20.1. The molecule has 0 radical (unpaired) electrons. The highest BCUT2D eigenvalue weighted by molar-refractivity contribution is 5.85. The predicted octanol–water partition coefficient (Wildman–Crippen LogP) is 0.139. The standard InChI is InChI=1S/C10H18N2O2/c1-10(2,4-3-9(11)13)12-5-7-14-8-6-12/h3-4H,5-8H2,1-2H3,(H2,11,13). The van der Waals surface area contributed by atoms with E-state index >= 15 is 0 Å². The quantitative estimate of drug-likeness (QED) is 0.656. The fourth-order valence-corrected chi connectivity index (χ4v) is 1.53. The monoisotopic (exact) mass is 198 g/mol. The van der Waals surface area contributed by atoms with E-state index in [-0.39, 0.29) is 5.54 Å². The molecule has 0 unspecified atom stereocenters. The minimum atomic E-state index is -0.397. The summed E-state index contributed by atoms with van der Waals surface area (Å²) >= 11 is 0. The first-order valence-corrected chi connectivity index (χ1v) is 4.84. The molecule has 0 saturated carbocycles. The molecule has 0 aromatic carbocycles. The van der Waals surface area contributed by atoms with Crippen LogP contribution in [0.4, 0.5) is 0 Å². The second kappa shape index (κ2) is 4.57. The average Bonchev–Trinajstić information content (AvgIpc) is 2.16. The summed E-state index contributed by atoms with van der Waals surface area (Å²) in [6, 6.07) is 0. The summed E-state index contributed by atoms with van der Waals surface area (Å²) in [5, 5.41) is 0. The highest BCUT2D eigenvalue weighted by Gasteiger charge is 2.25. The summed E-state index contributed by atoms with van der Waals surface area (Å²) < 4.78 is 5.26. The van der Waals surface area contributed by atoms with Crippen molar-refractivity contribution in [2.24, 2.45) is 5.73 Å². The molecule has 0 aliphatic carbocycles. The summed E-state index contributed by atoms with van der Waals surface area (Å²) in [6.45, 7) is 7.45. The number of nitrogens with two attached hydrogens (primary N) is 1. The van der Waals surface area contributed by atoms with E-state index in [9.17, 15) is 4.79 Å². The Bertz CT molecular complexity index is 230. The molecule has 4 nitrogen and oxygen atoms in total. The molecule has 1 amide bonds. The van der Waals surface area contributed by atoms with Crippen LogP contribution in [0.3, 0.4) is 0 Å². The molecule has 14 heavy (non-hydrogen) atoms. The lowest BCUT2D eigenvalue weighted by Crippen LogP contribution is -2.48. The first kappa shape index (κ1) is 11.2. The maximum absolute atomic E-state index is 10.6. The van der Waals surface area contributed by atoms with Crippen LogP contribution in [0.25, 0.3) is 0 Å². The summed E-state index contributed by atoms with van der Waals surface area (Å²) in [5.74, 6) is -0.397. The summed E-state index contributed by atoms with van der Waals surface area (Å²) in [5.41, 5.74) is 4.93. The van der Waals surface area contributed by atoms with Crippen LogP contribution in [0, 0.1) is 0 Å². The molecule has 1 heterocycles. The molecule has 2 N–H and O–H groups in total. The predicted molar refractivity (Wildman–Crippen MR) is 54.8 cm³/mol. The number of morpholine rings is 1. The zero-order valence-electron chi connectivity index (χ0n) is 8.82. The van der Waals surface area contributed by atoms with Crippen molar-refractivity contribution in [2.75, 3.05) is 26.3 Å². The van der Waals surface area contributed by atoms with Gasteiger partial charge in [-0.25, -0.2) is 0 Å². The third-order valence-electron chi connectivity index (χ3n) is 2.48. The van der Waals surface area contributed by atoms with E-state index in [0.717, 1.165) is 26.3 Å². The van der Waals surface area contributed by atoms with Gasteiger partial charge in [0.1, 0.15) is 0 Å². The van der Waals surface area contributed by atoms with Gasteiger partial charge in [0.25, 0.3) is 0 Å². The molecule has 1 aliphatic rings. The van der Waals surface area contributed by atoms with Crippen LogP contribution in [-0.4, -0.2) is 42.6 Å². The van der Waals surface area contributed by atoms with Crippen LogP contribution < -0.4 is 5.73 Å². The number of ether oxygens (including phenoxy) is 1. The van der Waals surface area contributed by atoms with Gasteiger partial charge in [-0.2, -0.15) is 0 Å². The van der Waals surface area contributed by atoms with Gasteiger partial charge in [0.15, 0.2) is 0 Å². The summed E-state index contributed by atoms with van der Waals surface area (Å²) in [7, 11) is 0. The van der Waals surface area contributed by atoms with Gasteiger partial charge in [-0.3, -0.25) is 9.69 Å². The van der Waals surface area contributed by atoms with E-state index in [2.05, 4.69) is 18.7 Å². The van der Waals surface area contributed by atoms with Crippen LogP contribution in [0.2, 0.25) is 0 Å². The Morgan fingerprint density at radius 3 is 2.50 bits per heavy atom. The van der Waals surface area contributed by atoms with E-state index in [4.69, 9.17) is 10.5 Å². The summed E-state index contributed by atoms with van der Waals surface area (Å²) in [6.07, 6.45) is 3.27. The van der Waals surface area contributed by atoms with Gasteiger partial charge in [0.2, 0.25) is 5.91 Å². The molecule has 0 aromatic heterocycles. The van der Waals surface area contributed by atoms with E-state index in [1.165, 1.54) is 6.08 Å². The third kappa shape index (κ3) is 3.12. The average molecular weight is 198 g/mol. The van der Waals surface area contributed by atoms with E-state index in [1.54, 1.807) is 0 Å². The SMILES string of the molecule is CC(C)(C=CC(N)=O)N1CCOCC1. The molecule has 0 aromatic rings. The first-order valence-electron chi connectivity index (χ1n) is 4.84. The molecular formula is C10H18N2O2. The van der Waals surface area contributed by atoms with Gasteiger partial charge >= 0.3 is 0 Å². The number of nitrogens with zero attached hydrogens (tertiary/aromatic N) is 1. The van der Waals surface area contributed by atoms with E-state index < -0.39 is 5.91 Å². The lowest BCUT2D eigenvalue weighted by Gasteiger charge is -2.38. The zero-order valence-corrected chi connectivity index (χ0v) is 8.82. The van der Waals surface area contributed by atoms with Crippen molar-refractivity contribution in [3.05, 3.63) is 12.2 Å². The third-order valence-corrected chi connectivity index (χ3v) is 2.48. The van der Waals surface area contributed by atoms with Crippen molar-refractivity contribution in [1.82, 2.24) is 4.90 Å². The van der Waals surface area contributed by atoms with Crippen molar-refractivity contribution >= 4 is 5.91 Å². The molecule has 80 valence electrons. The molecule has 0 spiro atoms. The first-order chi connectivity index (χ1) is 6.52. The van der Waals surface area contributed by atoms with Crippen LogP contribution in [0.1, 0.15) is 13.8 Å². The minimum Gasteiger partial charge on any atom is -0.379 e. The topological polar surface area (TPSA) is 55.6 Å². The molecule has 1 fully saturated rings. The molecule has 4 heteroatoms. The Hall–Kier alpha value is -0.870. The highest BCUT2D eigenvalue weighted by atomic mass is 16.5. The van der Waals surface area contributed by atoms with Crippen molar-refractivity contribution in [1.29, 1.82) is 0 Å². The fraction of sp³-hybridized carbons (Fsp3) is 0.700. The smallest absolute Gasteiger partial charge is 0.241 e. The zero-order chi connectivity index (χ0) is 10.6. The lowest BCUT2D eigenvalue weighted by atomic mass is 10.0. The Labute approximate surface area is 84.7 Å². The Morgan fingerprint density at radius 1 is 1.43 bits per heavy atom. The van der Waals surface area contributed by atoms with Crippen molar-refractivity contribution < 1.29 is 9.53 Å². The van der Waals surface area contributed by atoms with Crippen molar-refractivity contribution in [3.8, 4) is 0 Å². The van der Waals surface area contributed by atoms with E-state index in [1.807, 2.05) is 6.08 Å². The number of carbonyl (C=O) groups excluding carboxylic acids is 1. The van der Waals surface area contributed by atoms with Crippen LogP contribution in [-0.2, 0) is 9.53 Å². The van der Waals surface area contributed by atoms with Crippen molar-refractivity contribution in [3.63, 3.8) is 0 Å². The van der Waals surface area contributed by atoms with Crippen LogP contribution >= 0.6 is 0 Å². The fourth-order valence-electron chi connectivity index (χ4n) is 1.53. The maximum Gasteiger partial charge on any atom is 0.241 e. The van der Waals surface area contributed by atoms with Gasteiger partial charge in [-0.15, -0.1) is 0 Å². The Kier molecular flexibility index (Phi) is 3.66. The van der Waals surface area contributed by atoms with Gasteiger partial charge in [-0.05, 0) is 13.8 Å². The van der Waals surface area contributed by atoms with Gasteiger partial charge in [0.05, 0.1) is 13.2 Å². The van der Waals surface area contributed by atoms with Crippen LogP contribution in [0.15, 0.2) is 12.2 Å². The number of primary amides is 1. The largest absolute Gasteiger partial charge is 0.379 e. The van der Waals surface area contributed by atoms with Gasteiger partial charge in [0, 0.05) is 24.7 Å². The lowest BCUT2D eigenvalue weighted by molar-refractivity contribution is -0.113. The second-order valence-electron chi connectivity index (χ2n) is 3.99. The Morgan fingerprint density at radius 2 is 2.00 bits per heavy atom. The highest BCUT2D eigenvalue weighted by Crippen LogP contribution is 2.17. The number of amides is 1. The number of rotatable bonds is 3. The second-order valence-corrected chi connectivity index (χ2v) is 3.99. The van der Waals surface area contributed by atoms with Crippen LogP contribution in [0.5, 0.6) is 0 Å². The van der Waals surface area contributed by atoms with E-state index in [0.29, 0.717) is 0 Å². The number of hydrogen-bond donors (Lipinski definition) is 1. The maximum atomic E-state index is 10.6. The van der Waals surface area contributed by atoms with Gasteiger partial charge < -0.3 is 10.5 Å². The molecule has 0 atom stereocenters. The minimum absolute atomic E-state index is 0.126. The molecule has 0 bridgehead atoms.